The van der Waals surface area contributed by atoms with Crippen LogP contribution in [0.5, 0.6) is 0 Å². The first kappa shape index (κ1) is 13.8. The van der Waals surface area contributed by atoms with Crippen LogP contribution >= 0.6 is 0 Å². The number of pyridine rings is 1. The molecule has 19 heavy (non-hydrogen) atoms. The second kappa shape index (κ2) is 6.53. The second-order valence-corrected chi connectivity index (χ2v) is 5.45. The Kier molecular flexibility index (Phi) is 4.75. The molecule has 1 aromatic heterocycles. The summed E-state index contributed by atoms with van der Waals surface area (Å²) in [7, 11) is 0. The van der Waals surface area contributed by atoms with Crippen molar-refractivity contribution in [3.8, 4) is 6.07 Å². The van der Waals surface area contributed by atoms with E-state index in [0.29, 0.717) is 5.56 Å². The molecule has 0 aromatic carbocycles. The molecule has 1 saturated heterocycles. The summed E-state index contributed by atoms with van der Waals surface area (Å²) in [5.74, 6) is 1.68. The first-order valence-corrected chi connectivity index (χ1v) is 7.02. The molecule has 102 valence electrons. The van der Waals surface area contributed by atoms with Gasteiger partial charge in [-0.25, -0.2) is 4.98 Å². The van der Waals surface area contributed by atoms with Gasteiger partial charge in [-0.3, -0.25) is 0 Å². The third-order valence-corrected chi connectivity index (χ3v) is 3.69. The predicted octanol–water partition coefficient (Wildman–Crippen LogP) is 2.41. The standard InChI is InChI=1S/C15H22N4/c1-12-3-6-19(7-4-12)8-5-17-15-10-14(11-16)9-13(2)18-15/h9-10,12H,3-8H2,1-2H3,(H,17,18). The van der Waals surface area contributed by atoms with E-state index in [1.165, 1.54) is 25.9 Å². The van der Waals surface area contributed by atoms with Gasteiger partial charge in [0.1, 0.15) is 5.82 Å². The molecule has 1 fully saturated rings. The molecule has 1 aliphatic rings. The van der Waals surface area contributed by atoms with Crippen molar-refractivity contribution in [2.75, 3.05) is 31.5 Å². The van der Waals surface area contributed by atoms with E-state index in [0.717, 1.165) is 30.5 Å². The van der Waals surface area contributed by atoms with E-state index in [-0.39, 0.29) is 0 Å². The molecule has 0 unspecified atom stereocenters. The first-order chi connectivity index (χ1) is 9.17. The van der Waals surface area contributed by atoms with Crippen LogP contribution in [-0.2, 0) is 0 Å². The minimum Gasteiger partial charge on any atom is -0.369 e. The molecule has 1 aromatic rings. The van der Waals surface area contributed by atoms with Gasteiger partial charge in [0.25, 0.3) is 0 Å². The molecule has 0 bridgehead atoms. The summed E-state index contributed by atoms with van der Waals surface area (Å²) in [5.41, 5.74) is 1.55. The molecule has 0 saturated carbocycles. The zero-order valence-electron chi connectivity index (χ0n) is 11.8. The van der Waals surface area contributed by atoms with Crippen molar-refractivity contribution < 1.29 is 0 Å². The maximum atomic E-state index is 8.93. The highest BCUT2D eigenvalue weighted by molar-refractivity contribution is 5.44. The number of rotatable bonds is 4. The smallest absolute Gasteiger partial charge is 0.127 e. The molecule has 1 N–H and O–H groups in total. The molecule has 0 amide bonds. The lowest BCUT2D eigenvalue weighted by atomic mass is 9.99. The van der Waals surface area contributed by atoms with Crippen molar-refractivity contribution in [2.24, 2.45) is 5.92 Å². The lowest BCUT2D eigenvalue weighted by molar-refractivity contribution is 0.199. The number of nitrogens with one attached hydrogen (secondary N) is 1. The van der Waals surface area contributed by atoms with Gasteiger partial charge in [0.05, 0.1) is 11.6 Å². The number of aromatic nitrogens is 1. The normalized spacial score (nSPS) is 17.1. The molecule has 0 radical (unpaired) electrons. The zero-order chi connectivity index (χ0) is 13.7. The average Bonchev–Trinajstić information content (AvgIpc) is 2.40. The molecule has 2 rings (SSSR count). The van der Waals surface area contributed by atoms with Crippen LogP contribution in [0.25, 0.3) is 0 Å². The molecule has 0 spiro atoms. The van der Waals surface area contributed by atoms with E-state index >= 15 is 0 Å². The minimum atomic E-state index is 0.668. The van der Waals surface area contributed by atoms with Gasteiger partial charge >= 0.3 is 0 Å². The SMILES string of the molecule is Cc1cc(C#N)cc(NCCN2CCC(C)CC2)n1. The van der Waals surface area contributed by atoms with E-state index in [9.17, 15) is 0 Å². The number of piperidine rings is 1. The molecule has 0 aliphatic carbocycles. The Bertz CT molecular complexity index is 456. The molecular formula is C15H22N4. The van der Waals surface area contributed by atoms with Gasteiger partial charge in [-0.1, -0.05) is 6.92 Å². The summed E-state index contributed by atoms with van der Waals surface area (Å²) >= 11 is 0. The molecule has 4 nitrogen and oxygen atoms in total. The number of aryl methyl sites for hydroxylation is 1. The largest absolute Gasteiger partial charge is 0.369 e. The summed E-state index contributed by atoms with van der Waals surface area (Å²) in [6, 6.07) is 5.78. The number of anilines is 1. The fourth-order valence-corrected chi connectivity index (χ4v) is 2.45. The molecule has 0 atom stereocenters. The molecule has 2 heterocycles. The van der Waals surface area contributed by atoms with E-state index in [4.69, 9.17) is 5.26 Å². The summed E-state index contributed by atoms with van der Waals surface area (Å²) in [4.78, 5) is 6.89. The van der Waals surface area contributed by atoms with Gasteiger partial charge in [-0.2, -0.15) is 5.26 Å². The third kappa shape index (κ3) is 4.22. The molecule has 1 aliphatic heterocycles. The van der Waals surface area contributed by atoms with Crippen LogP contribution in [0.2, 0.25) is 0 Å². The maximum Gasteiger partial charge on any atom is 0.127 e. The number of nitriles is 1. The monoisotopic (exact) mass is 258 g/mol. The van der Waals surface area contributed by atoms with Crippen molar-refractivity contribution in [1.82, 2.24) is 9.88 Å². The van der Waals surface area contributed by atoms with Crippen LogP contribution in [0.3, 0.4) is 0 Å². The highest BCUT2D eigenvalue weighted by Gasteiger charge is 2.14. The summed E-state index contributed by atoms with van der Waals surface area (Å²) in [6.45, 7) is 8.58. The van der Waals surface area contributed by atoms with E-state index in [2.05, 4.69) is 28.2 Å². The quantitative estimate of drug-likeness (QED) is 0.901. The number of nitrogens with zero attached hydrogens (tertiary/aromatic N) is 3. The Balaban J connectivity index is 1.79. The average molecular weight is 258 g/mol. The fraction of sp³-hybridized carbons (Fsp3) is 0.600. The fourth-order valence-electron chi connectivity index (χ4n) is 2.45. The molecular weight excluding hydrogens is 236 g/mol. The van der Waals surface area contributed by atoms with E-state index < -0.39 is 0 Å². The van der Waals surface area contributed by atoms with Crippen LogP contribution in [0, 0.1) is 24.2 Å². The van der Waals surface area contributed by atoms with Crippen molar-refractivity contribution in [1.29, 1.82) is 5.26 Å². The zero-order valence-corrected chi connectivity index (χ0v) is 11.8. The Morgan fingerprint density at radius 1 is 1.42 bits per heavy atom. The van der Waals surface area contributed by atoms with Crippen LogP contribution in [0.1, 0.15) is 31.0 Å². The van der Waals surface area contributed by atoms with Crippen LogP contribution < -0.4 is 5.32 Å². The van der Waals surface area contributed by atoms with Gasteiger partial charge in [-0.05, 0) is 50.9 Å². The van der Waals surface area contributed by atoms with Crippen molar-refractivity contribution in [2.45, 2.75) is 26.7 Å². The number of likely N-dealkylation sites (tertiary alicyclic amines) is 1. The Hall–Kier alpha value is -1.60. The number of hydrogen-bond acceptors (Lipinski definition) is 4. The molecule has 4 heteroatoms. The van der Waals surface area contributed by atoms with Crippen molar-refractivity contribution >= 4 is 5.82 Å². The van der Waals surface area contributed by atoms with E-state index in [1.807, 2.05) is 13.0 Å². The van der Waals surface area contributed by atoms with Gasteiger partial charge in [0.15, 0.2) is 0 Å². The lowest BCUT2D eigenvalue weighted by Crippen LogP contribution is -2.36. The Labute approximate surface area is 115 Å². The van der Waals surface area contributed by atoms with E-state index in [1.54, 1.807) is 6.07 Å². The summed E-state index contributed by atoms with van der Waals surface area (Å²) in [5, 5.41) is 12.2. The number of hydrogen-bond donors (Lipinski definition) is 1. The second-order valence-electron chi connectivity index (χ2n) is 5.45. The highest BCUT2D eigenvalue weighted by atomic mass is 15.1. The predicted molar refractivity (Wildman–Crippen MR) is 77.0 cm³/mol. The Morgan fingerprint density at radius 2 is 2.16 bits per heavy atom. The highest BCUT2D eigenvalue weighted by Crippen LogP contribution is 2.15. The van der Waals surface area contributed by atoms with Crippen LogP contribution in [-0.4, -0.2) is 36.1 Å². The van der Waals surface area contributed by atoms with Gasteiger partial charge < -0.3 is 10.2 Å². The van der Waals surface area contributed by atoms with Crippen LogP contribution in [0.4, 0.5) is 5.82 Å². The first-order valence-electron chi connectivity index (χ1n) is 7.02. The topological polar surface area (TPSA) is 52.0 Å². The van der Waals surface area contributed by atoms with Crippen LogP contribution in [0.15, 0.2) is 12.1 Å². The minimum absolute atomic E-state index is 0.668. The van der Waals surface area contributed by atoms with Gasteiger partial charge in [0.2, 0.25) is 0 Å². The van der Waals surface area contributed by atoms with Crippen molar-refractivity contribution in [3.05, 3.63) is 23.4 Å². The maximum absolute atomic E-state index is 8.93. The van der Waals surface area contributed by atoms with Crippen molar-refractivity contribution in [3.63, 3.8) is 0 Å². The summed E-state index contributed by atoms with van der Waals surface area (Å²) < 4.78 is 0. The van der Waals surface area contributed by atoms with Gasteiger partial charge in [0, 0.05) is 18.8 Å². The Morgan fingerprint density at radius 3 is 2.84 bits per heavy atom. The third-order valence-electron chi connectivity index (χ3n) is 3.69. The van der Waals surface area contributed by atoms with Gasteiger partial charge in [-0.15, -0.1) is 0 Å². The lowest BCUT2D eigenvalue weighted by Gasteiger charge is -2.30. The summed E-state index contributed by atoms with van der Waals surface area (Å²) in [6.07, 6.45) is 2.61.